The van der Waals surface area contributed by atoms with Crippen LogP contribution in [0.1, 0.15) is 17.3 Å². The van der Waals surface area contributed by atoms with Crippen molar-refractivity contribution in [2.45, 2.75) is 6.92 Å². The van der Waals surface area contributed by atoms with Gasteiger partial charge in [0.2, 0.25) is 11.9 Å². The van der Waals surface area contributed by atoms with Crippen molar-refractivity contribution in [3.05, 3.63) is 71.5 Å². The van der Waals surface area contributed by atoms with Crippen molar-refractivity contribution in [2.24, 2.45) is 0 Å². The Bertz CT molecular complexity index is 959. The Kier molecular flexibility index (Phi) is 5.63. The van der Waals surface area contributed by atoms with Crippen LogP contribution in [0, 0.1) is 0 Å². The molecule has 0 saturated heterocycles. The van der Waals surface area contributed by atoms with Gasteiger partial charge in [0.15, 0.2) is 0 Å². The summed E-state index contributed by atoms with van der Waals surface area (Å²) in [6.07, 6.45) is 2.86. The highest BCUT2D eigenvalue weighted by Gasteiger charge is 2.08. The number of amides is 2. The lowest BCUT2D eigenvalue weighted by atomic mass is 10.2. The van der Waals surface area contributed by atoms with Crippen LogP contribution in [0.5, 0.6) is 0 Å². The first-order chi connectivity index (χ1) is 13.0. The van der Waals surface area contributed by atoms with Crippen molar-refractivity contribution in [1.29, 1.82) is 0 Å². The molecule has 0 saturated carbocycles. The molecule has 0 bridgehead atoms. The van der Waals surface area contributed by atoms with E-state index in [1.165, 1.54) is 19.3 Å². The molecule has 0 fully saturated rings. The number of aromatic nitrogens is 2. The summed E-state index contributed by atoms with van der Waals surface area (Å²) in [4.78, 5) is 31.6. The molecule has 2 aromatic carbocycles. The van der Waals surface area contributed by atoms with Crippen molar-refractivity contribution in [3.8, 4) is 0 Å². The van der Waals surface area contributed by atoms with Crippen molar-refractivity contribution in [3.63, 3.8) is 0 Å². The number of hydrogen-bond acceptors (Lipinski definition) is 5. The number of benzene rings is 2. The minimum absolute atomic E-state index is 0.157. The van der Waals surface area contributed by atoms with E-state index in [0.717, 1.165) is 5.69 Å². The van der Waals surface area contributed by atoms with Gasteiger partial charge in [-0.05, 0) is 42.5 Å². The second kappa shape index (κ2) is 8.29. The van der Waals surface area contributed by atoms with Gasteiger partial charge in [-0.1, -0.05) is 17.7 Å². The van der Waals surface area contributed by atoms with Gasteiger partial charge in [-0.15, -0.1) is 0 Å². The van der Waals surface area contributed by atoms with Gasteiger partial charge in [-0.3, -0.25) is 9.59 Å². The van der Waals surface area contributed by atoms with E-state index in [9.17, 15) is 9.59 Å². The first-order valence-electron chi connectivity index (χ1n) is 8.03. The molecule has 1 aromatic heterocycles. The molecule has 0 unspecified atom stereocenters. The zero-order chi connectivity index (χ0) is 19.2. The summed E-state index contributed by atoms with van der Waals surface area (Å²) in [5, 5.41) is 9.01. The van der Waals surface area contributed by atoms with Crippen LogP contribution in [-0.2, 0) is 4.79 Å². The highest BCUT2D eigenvalue weighted by Crippen LogP contribution is 2.18. The Morgan fingerprint density at radius 1 is 0.889 bits per heavy atom. The van der Waals surface area contributed by atoms with Gasteiger partial charge < -0.3 is 16.0 Å². The summed E-state index contributed by atoms with van der Waals surface area (Å²) < 4.78 is 0. The highest BCUT2D eigenvalue weighted by molar-refractivity contribution is 6.30. The van der Waals surface area contributed by atoms with E-state index < -0.39 is 0 Å². The molecule has 3 rings (SSSR count). The van der Waals surface area contributed by atoms with Gasteiger partial charge in [-0.25, -0.2) is 9.97 Å². The average molecular weight is 382 g/mol. The third-order valence-corrected chi connectivity index (χ3v) is 3.69. The molecule has 8 heteroatoms. The van der Waals surface area contributed by atoms with E-state index in [2.05, 4.69) is 25.9 Å². The van der Waals surface area contributed by atoms with Gasteiger partial charge in [-0.2, -0.15) is 0 Å². The topological polar surface area (TPSA) is 96.0 Å². The van der Waals surface area contributed by atoms with Crippen LogP contribution in [0.4, 0.5) is 23.0 Å². The zero-order valence-electron chi connectivity index (χ0n) is 14.4. The Labute approximate surface area is 160 Å². The largest absolute Gasteiger partial charge is 0.326 e. The molecule has 136 valence electrons. The fraction of sp³-hybridized carbons (Fsp3) is 0.0526. The van der Waals surface area contributed by atoms with Gasteiger partial charge >= 0.3 is 0 Å². The third-order valence-electron chi connectivity index (χ3n) is 3.46. The SMILES string of the molecule is CC(=O)Nc1ccc(NC(=O)c2cnc(Nc3cccc(Cl)c3)nc2)cc1. The van der Waals surface area contributed by atoms with Gasteiger partial charge in [0, 0.05) is 41.4 Å². The van der Waals surface area contributed by atoms with Crippen molar-refractivity contribution >= 4 is 46.4 Å². The van der Waals surface area contributed by atoms with E-state index in [0.29, 0.717) is 27.9 Å². The maximum atomic E-state index is 12.3. The molecule has 7 nitrogen and oxygen atoms in total. The molecular weight excluding hydrogens is 366 g/mol. The molecular formula is C19H16ClN5O2. The first-order valence-corrected chi connectivity index (χ1v) is 8.41. The van der Waals surface area contributed by atoms with E-state index in [1.807, 2.05) is 12.1 Å². The highest BCUT2D eigenvalue weighted by atomic mass is 35.5. The minimum Gasteiger partial charge on any atom is -0.326 e. The number of anilines is 4. The molecule has 27 heavy (non-hydrogen) atoms. The van der Waals surface area contributed by atoms with Crippen molar-refractivity contribution < 1.29 is 9.59 Å². The second-order valence-corrected chi connectivity index (χ2v) is 6.08. The van der Waals surface area contributed by atoms with E-state index in [4.69, 9.17) is 11.6 Å². The molecule has 0 atom stereocenters. The molecule has 2 amide bonds. The minimum atomic E-state index is -0.336. The molecule has 0 radical (unpaired) electrons. The van der Waals surface area contributed by atoms with Crippen LogP contribution in [0.15, 0.2) is 60.9 Å². The summed E-state index contributed by atoms with van der Waals surface area (Å²) in [6, 6.07) is 13.9. The summed E-state index contributed by atoms with van der Waals surface area (Å²) in [5.41, 5.74) is 2.31. The Morgan fingerprint density at radius 3 is 2.11 bits per heavy atom. The summed E-state index contributed by atoms with van der Waals surface area (Å²) >= 11 is 5.93. The Hall–Kier alpha value is -3.45. The van der Waals surface area contributed by atoms with Crippen LogP contribution in [0.3, 0.4) is 0 Å². The quantitative estimate of drug-likeness (QED) is 0.618. The smallest absolute Gasteiger partial charge is 0.258 e. The number of carbonyl (C=O) groups excluding carboxylic acids is 2. The number of carbonyl (C=O) groups is 2. The van der Waals surface area contributed by atoms with Crippen LogP contribution >= 0.6 is 11.6 Å². The fourth-order valence-corrected chi connectivity index (χ4v) is 2.44. The maximum absolute atomic E-state index is 12.3. The molecule has 3 aromatic rings. The predicted octanol–water partition coefficient (Wildman–Crippen LogP) is 4.08. The number of halogens is 1. The molecule has 0 aliphatic rings. The summed E-state index contributed by atoms with van der Waals surface area (Å²) in [5.74, 6) is -0.138. The van der Waals surface area contributed by atoms with Gasteiger partial charge in [0.05, 0.1) is 5.56 Å². The predicted molar refractivity (Wildman–Crippen MR) is 105 cm³/mol. The molecule has 0 aliphatic carbocycles. The number of hydrogen-bond donors (Lipinski definition) is 3. The Morgan fingerprint density at radius 2 is 1.52 bits per heavy atom. The van der Waals surface area contributed by atoms with Gasteiger partial charge in [0.25, 0.3) is 5.91 Å². The monoisotopic (exact) mass is 381 g/mol. The van der Waals surface area contributed by atoms with E-state index in [1.54, 1.807) is 36.4 Å². The number of nitrogens with zero attached hydrogens (tertiary/aromatic N) is 2. The molecule has 3 N–H and O–H groups in total. The van der Waals surface area contributed by atoms with Crippen molar-refractivity contribution in [1.82, 2.24) is 9.97 Å². The van der Waals surface area contributed by atoms with Crippen LogP contribution in [0.2, 0.25) is 5.02 Å². The number of nitrogens with one attached hydrogen (secondary N) is 3. The van der Waals surface area contributed by atoms with Gasteiger partial charge in [0.1, 0.15) is 0 Å². The van der Waals surface area contributed by atoms with E-state index in [-0.39, 0.29) is 11.8 Å². The zero-order valence-corrected chi connectivity index (χ0v) is 15.1. The fourth-order valence-electron chi connectivity index (χ4n) is 2.25. The van der Waals surface area contributed by atoms with Crippen molar-refractivity contribution in [2.75, 3.05) is 16.0 Å². The molecule has 0 aliphatic heterocycles. The van der Waals surface area contributed by atoms with Crippen LogP contribution in [-0.4, -0.2) is 21.8 Å². The normalized spacial score (nSPS) is 10.1. The number of rotatable bonds is 5. The maximum Gasteiger partial charge on any atom is 0.258 e. The lowest BCUT2D eigenvalue weighted by Crippen LogP contribution is -2.13. The second-order valence-electron chi connectivity index (χ2n) is 5.64. The van der Waals surface area contributed by atoms with Crippen LogP contribution < -0.4 is 16.0 Å². The van der Waals surface area contributed by atoms with E-state index >= 15 is 0 Å². The summed E-state index contributed by atoms with van der Waals surface area (Å²) in [7, 11) is 0. The molecule has 1 heterocycles. The molecule has 0 spiro atoms. The van der Waals surface area contributed by atoms with Crippen LogP contribution in [0.25, 0.3) is 0 Å². The average Bonchev–Trinajstić information content (AvgIpc) is 2.63. The lowest BCUT2D eigenvalue weighted by Gasteiger charge is -2.08. The Balaban J connectivity index is 1.62. The standard InChI is InChI=1S/C19H16ClN5O2/c1-12(26)23-15-5-7-16(8-6-15)24-18(27)13-10-21-19(22-11-13)25-17-4-2-3-14(20)9-17/h2-11H,1H3,(H,23,26)(H,24,27)(H,21,22,25). The lowest BCUT2D eigenvalue weighted by molar-refractivity contribution is -0.114. The summed E-state index contributed by atoms with van der Waals surface area (Å²) in [6.45, 7) is 1.43. The third kappa shape index (κ3) is 5.26. The first kappa shape index (κ1) is 18.3.